The molecular formula is C9H8ClNO2S. The second kappa shape index (κ2) is 3.73. The molecule has 1 aromatic heterocycles. The molecule has 0 aliphatic carbocycles. The van der Waals surface area contributed by atoms with Crippen LogP contribution in [0.3, 0.4) is 0 Å². The number of hydrogen-bond donors (Lipinski definition) is 1. The van der Waals surface area contributed by atoms with Crippen molar-refractivity contribution in [3.05, 3.63) is 32.9 Å². The number of benzene rings is 1. The van der Waals surface area contributed by atoms with Crippen molar-refractivity contribution in [3.63, 3.8) is 0 Å². The van der Waals surface area contributed by atoms with Crippen LogP contribution in [0.15, 0.2) is 23.0 Å². The quantitative estimate of drug-likeness (QED) is 0.852. The van der Waals surface area contributed by atoms with Crippen molar-refractivity contribution in [2.75, 3.05) is 6.61 Å². The van der Waals surface area contributed by atoms with Crippen molar-refractivity contribution in [2.45, 2.75) is 6.54 Å². The summed E-state index contributed by atoms with van der Waals surface area (Å²) in [4.78, 5) is 11.4. The predicted octanol–water partition coefficient (Wildman–Crippen LogP) is 1.71. The number of rotatable bonds is 2. The van der Waals surface area contributed by atoms with E-state index in [2.05, 4.69) is 0 Å². The molecule has 2 aromatic rings. The number of nitrogens with zero attached hydrogens (tertiary/aromatic N) is 1. The van der Waals surface area contributed by atoms with Gasteiger partial charge in [0.1, 0.15) is 0 Å². The average molecular weight is 230 g/mol. The summed E-state index contributed by atoms with van der Waals surface area (Å²) >= 11 is 6.99. The van der Waals surface area contributed by atoms with Gasteiger partial charge in [0.15, 0.2) is 0 Å². The minimum Gasteiger partial charge on any atom is -0.395 e. The van der Waals surface area contributed by atoms with Crippen LogP contribution in [0, 0.1) is 0 Å². The van der Waals surface area contributed by atoms with E-state index in [1.807, 2.05) is 6.07 Å². The van der Waals surface area contributed by atoms with Crippen LogP contribution in [0.5, 0.6) is 0 Å². The van der Waals surface area contributed by atoms with Crippen molar-refractivity contribution in [2.24, 2.45) is 0 Å². The summed E-state index contributed by atoms with van der Waals surface area (Å²) in [6.45, 7) is 0.275. The highest BCUT2D eigenvalue weighted by atomic mass is 35.5. The molecule has 0 aliphatic rings. The second-order valence-electron chi connectivity index (χ2n) is 2.86. The largest absolute Gasteiger partial charge is 0.395 e. The summed E-state index contributed by atoms with van der Waals surface area (Å²) in [5.74, 6) is 0. The minimum absolute atomic E-state index is 0.0434. The zero-order chi connectivity index (χ0) is 10.1. The van der Waals surface area contributed by atoms with Gasteiger partial charge >= 0.3 is 4.87 Å². The maximum absolute atomic E-state index is 11.5. The van der Waals surface area contributed by atoms with E-state index < -0.39 is 0 Å². The highest BCUT2D eigenvalue weighted by Gasteiger charge is 2.06. The number of aliphatic hydroxyl groups is 1. The van der Waals surface area contributed by atoms with Crippen molar-refractivity contribution in [1.29, 1.82) is 0 Å². The van der Waals surface area contributed by atoms with E-state index >= 15 is 0 Å². The molecule has 0 fully saturated rings. The van der Waals surface area contributed by atoms with Gasteiger partial charge in [0, 0.05) is 5.02 Å². The van der Waals surface area contributed by atoms with E-state index in [9.17, 15) is 4.79 Å². The lowest BCUT2D eigenvalue weighted by molar-refractivity contribution is 0.277. The number of aromatic nitrogens is 1. The molecule has 5 heteroatoms. The summed E-state index contributed by atoms with van der Waals surface area (Å²) in [6, 6.07) is 5.31. The Balaban J connectivity index is 2.73. The average Bonchev–Trinajstić information content (AvgIpc) is 2.45. The maximum Gasteiger partial charge on any atom is 0.308 e. The molecule has 3 nitrogen and oxygen atoms in total. The third-order valence-electron chi connectivity index (χ3n) is 1.95. The van der Waals surface area contributed by atoms with Crippen LogP contribution in [0.2, 0.25) is 5.02 Å². The molecular weight excluding hydrogens is 222 g/mol. The summed E-state index contributed by atoms with van der Waals surface area (Å²) in [7, 11) is 0. The fourth-order valence-electron chi connectivity index (χ4n) is 1.35. The van der Waals surface area contributed by atoms with Gasteiger partial charge in [0.05, 0.1) is 23.4 Å². The third kappa shape index (κ3) is 1.56. The first kappa shape index (κ1) is 9.71. The number of thiazole rings is 1. The van der Waals surface area contributed by atoms with Crippen molar-refractivity contribution in [3.8, 4) is 0 Å². The molecule has 0 unspecified atom stereocenters. The molecule has 0 bridgehead atoms. The Morgan fingerprint density at radius 1 is 1.50 bits per heavy atom. The van der Waals surface area contributed by atoms with Crippen molar-refractivity contribution < 1.29 is 5.11 Å². The molecule has 1 N–H and O–H groups in total. The summed E-state index contributed by atoms with van der Waals surface area (Å²) < 4.78 is 2.43. The molecule has 0 spiro atoms. The Morgan fingerprint density at radius 3 is 3.00 bits per heavy atom. The van der Waals surface area contributed by atoms with E-state index in [0.717, 1.165) is 10.2 Å². The van der Waals surface area contributed by atoms with E-state index in [1.54, 1.807) is 12.1 Å². The Morgan fingerprint density at radius 2 is 2.29 bits per heavy atom. The van der Waals surface area contributed by atoms with Crippen molar-refractivity contribution in [1.82, 2.24) is 4.57 Å². The molecule has 2 rings (SSSR count). The molecule has 74 valence electrons. The molecule has 0 aliphatic heterocycles. The topological polar surface area (TPSA) is 42.2 Å². The lowest BCUT2D eigenvalue weighted by Crippen LogP contribution is -2.14. The van der Waals surface area contributed by atoms with Gasteiger partial charge in [0.2, 0.25) is 0 Å². The van der Waals surface area contributed by atoms with Gasteiger partial charge < -0.3 is 5.11 Å². The molecule has 0 atom stereocenters. The zero-order valence-electron chi connectivity index (χ0n) is 7.24. The summed E-state index contributed by atoms with van der Waals surface area (Å²) in [5, 5.41) is 9.40. The SMILES string of the molecule is O=c1sc2ccc(Cl)cc2n1CCO. The van der Waals surface area contributed by atoms with E-state index in [-0.39, 0.29) is 11.5 Å². The first-order valence-corrected chi connectivity index (χ1v) is 5.31. The van der Waals surface area contributed by atoms with Crippen LogP contribution in [0.1, 0.15) is 0 Å². The van der Waals surface area contributed by atoms with Crippen LogP contribution in [0.25, 0.3) is 10.2 Å². The van der Waals surface area contributed by atoms with Crippen LogP contribution >= 0.6 is 22.9 Å². The second-order valence-corrected chi connectivity index (χ2v) is 4.28. The summed E-state index contributed by atoms with van der Waals surface area (Å²) in [5.41, 5.74) is 0.793. The normalized spacial score (nSPS) is 11.0. The van der Waals surface area contributed by atoms with Crippen LogP contribution < -0.4 is 4.87 Å². The molecule has 1 aromatic carbocycles. The molecule has 0 amide bonds. The number of fused-ring (bicyclic) bond motifs is 1. The van der Waals surface area contributed by atoms with Gasteiger partial charge in [-0.05, 0) is 18.2 Å². The van der Waals surface area contributed by atoms with Gasteiger partial charge in [-0.1, -0.05) is 22.9 Å². The molecule has 0 saturated heterocycles. The predicted molar refractivity (Wildman–Crippen MR) is 58.2 cm³/mol. The summed E-state index contributed by atoms with van der Waals surface area (Å²) in [6.07, 6.45) is 0. The van der Waals surface area contributed by atoms with Gasteiger partial charge in [-0.25, -0.2) is 0 Å². The van der Waals surface area contributed by atoms with Gasteiger partial charge in [-0.15, -0.1) is 0 Å². The van der Waals surface area contributed by atoms with Gasteiger partial charge in [-0.2, -0.15) is 0 Å². The fourth-order valence-corrected chi connectivity index (χ4v) is 2.41. The lowest BCUT2D eigenvalue weighted by atomic mass is 10.3. The first-order valence-electron chi connectivity index (χ1n) is 4.12. The maximum atomic E-state index is 11.5. The molecule has 0 saturated carbocycles. The fraction of sp³-hybridized carbons (Fsp3) is 0.222. The Hall–Kier alpha value is -0.840. The molecule has 0 radical (unpaired) electrons. The number of halogens is 1. The Bertz CT molecular complexity index is 517. The highest BCUT2D eigenvalue weighted by Crippen LogP contribution is 2.21. The van der Waals surface area contributed by atoms with Gasteiger partial charge in [-0.3, -0.25) is 9.36 Å². The highest BCUT2D eigenvalue weighted by molar-refractivity contribution is 7.16. The smallest absolute Gasteiger partial charge is 0.308 e. The monoisotopic (exact) mass is 229 g/mol. The van der Waals surface area contributed by atoms with E-state index in [1.165, 1.54) is 15.9 Å². The first-order chi connectivity index (χ1) is 6.72. The molecule has 14 heavy (non-hydrogen) atoms. The van der Waals surface area contributed by atoms with Crippen LogP contribution in [0.4, 0.5) is 0 Å². The number of hydrogen-bond acceptors (Lipinski definition) is 3. The van der Waals surface area contributed by atoms with Crippen LogP contribution in [-0.4, -0.2) is 16.3 Å². The van der Waals surface area contributed by atoms with E-state index in [4.69, 9.17) is 16.7 Å². The Kier molecular flexibility index (Phi) is 2.58. The van der Waals surface area contributed by atoms with Crippen LogP contribution in [-0.2, 0) is 6.54 Å². The van der Waals surface area contributed by atoms with E-state index in [0.29, 0.717) is 11.6 Å². The van der Waals surface area contributed by atoms with Crippen molar-refractivity contribution >= 4 is 33.2 Å². The van der Waals surface area contributed by atoms with Gasteiger partial charge in [0.25, 0.3) is 0 Å². The zero-order valence-corrected chi connectivity index (χ0v) is 8.81. The Labute approximate surface area is 89.2 Å². The standard InChI is InChI=1S/C9H8ClNO2S/c10-6-1-2-8-7(5-6)11(3-4-12)9(13)14-8/h1-2,5,12H,3-4H2. The lowest BCUT2D eigenvalue weighted by Gasteiger charge is -1.99. The third-order valence-corrected chi connectivity index (χ3v) is 3.15. The minimum atomic E-state index is -0.0590. The number of aliphatic hydroxyl groups excluding tert-OH is 1. The molecule has 1 heterocycles.